The van der Waals surface area contributed by atoms with Crippen LogP contribution in [0.4, 0.5) is 0 Å². The lowest BCUT2D eigenvalue weighted by atomic mass is 10.4. The highest BCUT2D eigenvalue weighted by atomic mass is 35.5. The first-order valence-corrected chi connectivity index (χ1v) is 8.80. The summed E-state index contributed by atoms with van der Waals surface area (Å²) in [7, 11) is -3.96. The van der Waals surface area contributed by atoms with Gasteiger partial charge in [-0.1, -0.05) is 18.5 Å². The Morgan fingerprint density at radius 2 is 2.10 bits per heavy atom. The zero-order valence-corrected chi connectivity index (χ0v) is 13.2. The maximum atomic E-state index is 12.3. The van der Waals surface area contributed by atoms with E-state index in [4.69, 9.17) is 16.9 Å². The number of nitriles is 1. The molecule has 1 aromatic carbocycles. The molecule has 0 aliphatic carbocycles. The van der Waals surface area contributed by atoms with Crippen molar-refractivity contribution in [2.75, 3.05) is 5.75 Å². The second kappa shape index (κ2) is 7.58. The van der Waals surface area contributed by atoms with Crippen molar-refractivity contribution in [3.05, 3.63) is 40.5 Å². The zero-order chi connectivity index (χ0) is 15.2. The van der Waals surface area contributed by atoms with Crippen molar-refractivity contribution in [3.63, 3.8) is 0 Å². The highest BCUT2D eigenvalue weighted by molar-refractivity contribution is 8.02. The summed E-state index contributed by atoms with van der Waals surface area (Å²) in [5, 5.41) is 18.9. The van der Waals surface area contributed by atoms with Crippen molar-refractivity contribution in [2.45, 2.75) is 23.5 Å². The number of aliphatic hydroxyl groups excluding tert-OH is 1. The molecule has 7 heteroatoms. The van der Waals surface area contributed by atoms with E-state index in [1.807, 2.05) is 6.92 Å². The highest BCUT2D eigenvalue weighted by Crippen LogP contribution is 2.23. The number of hydrogen-bond acceptors (Lipinski definition) is 5. The van der Waals surface area contributed by atoms with E-state index < -0.39 is 20.8 Å². The van der Waals surface area contributed by atoms with E-state index in [2.05, 4.69) is 0 Å². The Morgan fingerprint density at radius 3 is 2.60 bits per heavy atom. The van der Waals surface area contributed by atoms with Gasteiger partial charge < -0.3 is 5.11 Å². The van der Waals surface area contributed by atoms with Crippen LogP contribution in [0.15, 0.2) is 40.3 Å². The van der Waals surface area contributed by atoms with Gasteiger partial charge >= 0.3 is 0 Å². The van der Waals surface area contributed by atoms with Gasteiger partial charge in [-0.05, 0) is 36.4 Å². The number of thioether (sulfide) groups is 1. The fourth-order valence-electron chi connectivity index (χ4n) is 1.38. The van der Waals surface area contributed by atoms with E-state index in [-0.39, 0.29) is 4.90 Å². The minimum atomic E-state index is -3.96. The van der Waals surface area contributed by atoms with Gasteiger partial charge in [-0.25, -0.2) is 8.42 Å². The molecule has 1 unspecified atom stereocenters. The molecule has 0 saturated heterocycles. The standard InChI is InChI=1S/C13H14ClNO3S2/c1-2-7-19-9-12(16)13(8-15)20(17,18)11-5-3-10(14)4-6-11/h3-6,9,13,16H,2,7H2,1H3. The van der Waals surface area contributed by atoms with Gasteiger partial charge in [0, 0.05) is 10.4 Å². The molecule has 108 valence electrons. The van der Waals surface area contributed by atoms with Crippen LogP contribution in [0, 0.1) is 11.3 Å². The van der Waals surface area contributed by atoms with E-state index in [9.17, 15) is 13.5 Å². The maximum absolute atomic E-state index is 12.3. The Morgan fingerprint density at radius 1 is 1.50 bits per heavy atom. The average Bonchev–Trinajstić information content (AvgIpc) is 2.40. The molecule has 0 heterocycles. The molecule has 4 nitrogen and oxygen atoms in total. The highest BCUT2D eigenvalue weighted by Gasteiger charge is 2.31. The summed E-state index contributed by atoms with van der Waals surface area (Å²) in [5.41, 5.74) is 0. The Bertz CT molecular complexity index is 618. The van der Waals surface area contributed by atoms with Gasteiger partial charge in [-0.3, -0.25) is 0 Å². The van der Waals surface area contributed by atoms with Crippen LogP contribution in [-0.2, 0) is 9.84 Å². The van der Waals surface area contributed by atoms with E-state index >= 15 is 0 Å². The molecular formula is C13H14ClNO3S2. The third-order valence-corrected chi connectivity index (χ3v) is 5.57. The van der Waals surface area contributed by atoms with Gasteiger partial charge in [0.1, 0.15) is 5.76 Å². The lowest BCUT2D eigenvalue weighted by Gasteiger charge is -2.10. The number of hydrogen-bond donors (Lipinski definition) is 1. The molecule has 20 heavy (non-hydrogen) atoms. The number of sulfone groups is 1. The van der Waals surface area contributed by atoms with Crippen LogP contribution in [0.25, 0.3) is 0 Å². The van der Waals surface area contributed by atoms with Crippen molar-refractivity contribution >= 4 is 33.2 Å². The predicted octanol–water partition coefficient (Wildman–Crippen LogP) is 3.55. The van der Waals surface area contributed by atoms with Crippen LogP contribution in [-0.4, -0.2) is 24.5 Å². The number of halogens is 1. The molecule has 0 saturated carbocycles. The summed E-state index contributed by atoms with van der Waals surface area (Å²) >= 11 is 6.97. The molecule has 0 amide bonds. The predicted molar refractivity (Wildman–Crippen MR) is 81.5 cm³/mol. The SMILES string of the molecule is CCCSC=C(O)C(C#N)S(=O)(=O)c1ccc(Cl)cc1. The van der Waals surface area contributed by atoms with E-state index in [1.54, 1.807) is 6.07 Å². The summed E-state index contributed by atoms with van der Waals surface area (Å²) in [5.74, 6) is 0.282. The fourth-order valence-corrected chi connectivity index (χ4v) is 3.56. The summed E-state index contributed by atoms with van der Waals surface area (Å²) in [6, 6.07) is 7.11. The molecule has 0 aliphatic rings. The number of nitrogens with zero attached hydrogens (tertiary/aromatic N) is 1. The molecule has 0 radical (unpaired) electrons. The Kier molecular flexibility index (Phi) is 6.40. The first-order chi connectivity index (χ1) is 9.43. The van der Waals surface area contributed by atoms with Crippen molar-refractivity contribution in [3.8, 4) is 6.07 Å². The van der Waals surface area contributed by atoms with Crippen LogP contribution < -0.4 is 0 Å². The van der Waals surface area contributed by atoms with Gasteiger partial charge in [0.2, 0.25) is 15.1 Å². The van der Waals surface area contributed by atoms with Gasteiger partial charge in [-0.2, -0.15) is 5.26 Å². The minimum Gasteiger partial charge on any atom is -0.509 e. The Balaban J connectivity index is 3.08. The van der Waals surface area contributed by atoms with Crippen LogP contribution in [0.3, 0.4) is 0 Å². The van der Waals surface area contributed by atoms with Gasteiger partial charge in [0.25, 0.3) is 0 Å². The van der Waals surface area contributed by atoms with Crippen molar-refractivity contribution in [1.29, 1.82) is 5.26 Å². The maximum Gasteiger partial charge on any atom is 0.209 e. The van der Waals surface area contributed by atoms with Crippen LogP contribution in [0.2, 0.25) is 5.02 Å². The van der Waals surface area contributed by atoms with E-state index in [0.29, 0.717) is 5.02 Å². The lowest BCUT2D eigenvalue weighted by molar-refractivity contribution is 0.403. The molecule has 0 spiro atoms. The van der Waals surface area contributed by atoms with E-state index in [0.717, 1.165) is 12.2 Å². The van der Waals surface area contributed by atoms with Crippen LogP contribution in [0.1, 0.15) is 13.3 Å². The largest absolute Gasteiger partial charge is 0.509 e. The molecule has 1 atom stereocenters. The second-order valence-electron chi connectivity index (χ2n) is 3.92. The normalized spacial score (nSPS) is 13.8. The molecule has 1 N–H and O–H groups in total. The monoisotopic (exact) mass is 331 g/mol. The Hall–Kier alpha value is -1.16. The molecular weight excluding hydrogens is 318 g/mol. The molecule has 0 bridgehead atoms. The summed E-state index contributed by atoms with van der Waals surface area (Å²) in [6.07, 6.45) is 0.885. The third kappa shape index (κ3) is 4.17. The van der Waals surface area contributed by atoms with E-state index in [1.165, 1.54) is 41.4 Å². The summed E-state index contributed by atoms with van der Waals surface area (Å²) in [6.45, 7) is 1.96. The molecule has 1 rings (SSSR count). The topological polar surface area (TPSA) is 78.2 Å². The number of benzene rings is 1. The second-order valence-corrected chi connectivity index (χ2v) is 7.37. The van der Waals surface area contributed by atoms with Gasteiger partial charge in [-0.15, -0.1) is 11.8 Å². The van der Waals surface area contributed by atoms with Crippen LogP contribution in [0.5, 0.6) is 0 Å². The average molecular weight is 332 g/mol. The first kappa shape index (κ1) is 16.9. The van der Waals surface area contributed by atoms with Gasteiger partial charge in [0.05, 0.1) is 11.0 Å². The third-order valence-electron chi connectivity index (χ3n) is 2.36. The fraction of sp³-hybridized carbons (Fsp3) is 0.308. The quantitative estimate of drug-likeness (QED) is 0.637. The zero-order valence-electron chi connectivity index (χ0n) is 10.8. The van der Waals surface area contributed by atoms with Crippen molar-refractivity contribution in [2.24, 2.45) is 0 Å². The minimum absolute atomic E-state index is 0.0473. The summed E-state index contributed by atoms with van der Waals surface area (Å²) in [4.78, 5) is -0.0473. The molecule has 1 aromatic rings. The molecule has 0 aromatic heterocycles. The van der Waals surface area contributed by atoms with Gasteiger partial charge in [0.15, 0.2) is 0 Å². The van der Waals surface area contributed by atoms with Crippen molar-refractivity contribution < 1.29 is 13.5 Å². The number of rotatable bonds is 6. The lowest BCUT2D eigenvalue weighted by Crippen LogP contribution is -2.22. The molecule has 0 fully saturated rings. The van der Waals surface area contributed by atoms with Crippen LogP contribution >= 0.6 is 23.4 Å². The first-order valence-electron chi connectivity index (χ1n) is 5.83. The molecule has 0 aliphatic heterocycles. The Labute approximate surface area is 128 Å². The van der Waals surface area contributed by atoms with Crippen molar-refractivity contribution in [1.82, 2.24) is 0 Å². The number of aliphatic hydroxyl groups is 1. The smallest absolute Gasteiger partial charge is 0.209 e. The summed E-state index contributed by atoms with van der Waals surface area (Å²) < 4.78 is 24.5.